The molecule has 1 saturated heterocycles. The minimum Gasteiger partial charge on any atom is -0.391 e. The lowest BCUT2D eigenvalue weighted by molar-refractivity contribution is -0.138. The van der Waals surface area contributed by atoms with Gasteiger partial charge in [-0.25, -0.2) is 0 Å². The maximum absolute atomic E-state index is 11.7. The molecular formula is C9H17N3O3. The lowest BCUT2D eigenvalue weighted by Gasteiger charge is -2.24. The molecule has 0 bridgehead atoms. The Morgan fingerprint density at radius 3 is 2.67 bits per heavy atom. The number of β-amino-alcohol motifs (C(OH)–C–C–N with tert-alkyl or cyclic N) is 1. The SMILES string of the molecule is CC[C@H](N)C(=O)N1CC(O)CC1C(N)=O. The summed E-state index contributed by atoms with van der Waals surface area (Å²) in [5.74, 6) is -0.916. The highest BCUT2D eigenvalue weighted by Crippen LogP contribution is 2.18. The highest BCUT2D eigenvalue weighted by molar-refractivity contribution is 5.89. The number of nitrogens with two attached hydrogens (primary N) is 2. The fourth-order valence-corrected chi connectivity index (χ4v) is 1.71. The third-order valence-electron chi connectivity index (χ3n) is 2.65. The number of rotatable bonds is 3. The Morgan fingerprint density at radius 1 is 1.60 bits per heavy atom. The van der Waals surface area contributed by atoms with Crippen LogP contribution in [0.3, 0.4) is 0 Å². The van der Waals surface area contributed by atoms with E-state index in [0.29, 0.717) is 6.42 Å². The van der Waals surface area contributed by atoms with Crippen LogP contribution in [0.5, 0.6) is 0 Å². The van der Waals surface area contributed by atoms with Crippen molar-refractivity contribution in [3.8, 4) is 0 Å². The van der Waals surface area contributed by atoms with E-state index in [9.17, 15) is 14.7 Å². The number of hydrogen-bond donors (Lipinski definition) is 3. The Hall–Kier alpha value is -1.14. The van der Waals surface area contributed by atoms with Crippen LogP contribution >= 0.6 is 0 Å². The maximum Gasteiger partial charge on any atom is 0.240 e. The third-order valence-corrected chi connectivity index (χ3v) is 2.65. The molecule has 0 saturated carbocycles. The molecule has 0 aromatic rings. The van der Waals surface area contributed by atoms with Gasteiger partial charge in [0.2, 0.25) is 11.8 Å². The molecule has 6 nitrogen and oxygen atoms in total. The Labute approximate surface area is 88.2 Å². The van der Waals surface area contributed by atoms with Gasteiger partial charge in [-0.15, -0.1) is 0 Å². The second-order valence-electron chi connectivity index (χ2n) is 3.81. The molecule has 0 aromatic carbocycles. The molecule has 1 fully saturated rings. The standard InChI is InChI=1S/C9H17N3O3/c1-2-6(10)9(15)12-4-5(13)3-7(12)8(11)14/h5-7,13H,2-4,10H2,1H3,(H2,11,14)/t5?,6-,7?/m0/s1. The molecule has 15 heavy (non-hydrogen) atoms. The van der Waals surface area contributed by atoms with Crippen LogP contribution in [0.4, 0.5) is 0 Å². The number of carbonyl (C=O) groups excluding carboxylic acids is 2. The summed E-state index contributed by atoms with van der Waals surface area (Å²) in [6.45, 7) is 1.93. The summed E-state index contributed by atoms with van der Waals surface area (Å²) in [7, 11) is 0. The average molecular weight is 215 g/mol. The Balaban J connectivity index is 2.75. The van der Waals surface area contributed by atoms with Crippen molar-refractivity contribution in [2.24, 2.45) is 11.5 Å². The van der Waals surface area contributed by atoms with Crippen molar-refractivity contribution in [2.75, 3.05) is 6.54 Å². The zero-order chi connectivity index (χ0) is 11.6. The van der Waals surface area contributed by atoms with Crippen LogP contribution in [0.1, 0.15) is 19.8 Å². The normalized spacial score (nSPS) is 27.8. The summed E-state index contributed by atoms with van der Waals surface area (Å²) in [4.78, 5) is 24.0. The van der Waals surface area contributed by atoms with Gasteiger partial charge in [0, 0.05) is 13.0 Å². The molecule has 1 heterocycles. The lowest BCUT2D eigenvalue weighted by atomic mass is 10.1. The minimum atomic E-state index is -0.718. The first-order valence-corrected chi connectivity index (χ1v) is 5.00. The number of carbonyl (C=O) groups is 2. The zero-order valence-corrected chi connectivity index (χ0v) is 8.72. The van der Waals surface area contributed by atoms with E-state index >= 15 is 0 Å². The highest BCUT2D eigenvalue weighted by Gasteiger charge is 2.38. The van der Waals surface area contributed by atoms with E-state index in [-0.39, 0.29) is 18.9 Å². The van der Waals surface area contributed by atoms with Crippen molar-refractivity contribution in [3.05, 3.63) is 0 Å². The van der Waals surface area contributed by atoms with Crippen molar-refractivity contribution in [2.45, 2.75) is 38.0 Å². The van der Waals surface area contributed by atoms with Gasteiger partial charge in [0.05, 0.1) is 12.1 Å². The van der Waals surface area contributed by atoms with Gasteiger partial charge in [-0.1, -0.05) is 6.92 Å². The first-order chi connectivity index (χ1) is 6.97. The van der Waals surface area contributed by atoms with E-state index in [4.69, 9.17) is 11.5 Å². The first kappa shape index (κ1) is 11.9. The molecule has 2 unspecified atom stereocenters. The van der Waals surface area contributed by atoms with Gasteiger partial charge in [0.25, 0.3) is 0 Å². The Morgan fingerprint density at radius 2 is 2.20 bits per heavy atom. The van der Waals surface area contributed by atoms with E-state index in [1.165, 1.54) is 4.90 Å². The zero-order valence-electron chi connectivity index (χ0n) is 8.72. The van der Waals surface area contributed by atoms with Gasteiger partial charge in [-0.2, -0.15) is 0 Å². The van der Waals surface area contributed by atoms with E-state index < -0.39 is 24.1 Å². The first-order valence-electron chi connectivity index (χ1n) is 5.00. The number of likely N-dealkylation sites (tertiary alicyclic amines) is 1. The van der Waals surface area contributed by atoms with Gasteiger partial charge in [-0.3, -0.25) is 9.59 Å². The summed E-state index contributed by atoms with van der Waals surface area (Å²) < 4.78 is 0. The van der Waals surface area contributed by atoms with Crippen LogP contribution < -0.4 is 11.5 Å². The van der Waals surface area contributed by atoms with Gasteiger partial charge in [0.15, 0.2) is 0 Å². The predicted molar refractivity (Wildman–Crippen MR) is 53.6 cm³/mol. The molecule has 3 atom stereocenters. The molecule has 5 N–H and O–H groups in total. The highest BCUT2D eigenvalue weighted by atomic mass is 16.3. The third kappa shape index (κ3) is 2.45. The molecule has 0 spiro atoms. The van der Waals surface area contributed by atoms with E-state index in [1.807, 2.05) is 0 Å². The van der Waals surface area contributed by atoms with Crippen molar-refractivity contribution in [1.29, 1.82) is 0 Å². The predicted octanol–water partition coefficient (Wildman–Crippen LogP) is -1.83. The fourth-order valence-electron chi connectivity index (χ4n) is 1.71. The second kappa shape index (κ2) is 4.59. The summed E-state index contributed by atoms with van der Waals surface area (Å²) in [5, 5.41) is 9.38. The molecule has 1 aliphatic rings. The lowest BCUT2D eigenvalue weighted by Crippen LogP contribution is -2.50. The molecule has 86 valence electrons. The summed E-state index contributed by atoms with van der Waals surface area (Å²) >= 11 is 0. The number of amides is 2. The van der Waals surface area contributed by atoms with Crippen molar-refractivity contribution < 1.29 is 14.7 Å². The fraction of sp³-hybridized carbons (Fsp3) is 0.778. The van der Waals surface area contributed by atoms with Crippen molar-refractivity contribution >= 4 is 11.8 Å². The van der Waals surface area contributed by atoms with Crippen LogP contribution in [0.2, 0.25) is 0 Å². The average Bonchev–Trinajstić information content (AvgIpc) is 2.58. The molecule has 0 aliphatic carbocycles. The molecule has 1 rings (SSSR count). The molecular weight excluding hydrogens is 198 g/mol. The number of primary amides is 1. The summed E-state index contributed by atoms with van der Waals surface area (Å²) in [6.07, 6.45) is 0.0181. The topological polar surface area (TPSA) is 110 Å². The van der Waals surface area contributed by atoms with Crippen LogP contribution in [0, 0.1) is 0 Å². The molecule has 1 aliphatic heterocycles. The van der Waals surface area contributed by atoms with Crippen molar-refractivity contribution in [1.82, 2.24) is 4.90 Å². The quantitative estimate of drug-likeness (QED) is 0.514. The number of nitrogens with zero attached hydrogens (tertiary/aromatic N) is 1. The number of aliphatic hydroxyl groups excluding tert-OH is 1. The monoisotopic (exact) mass is 215 g/mol. The van der Waals surface area contributed by atoms with Gasteiger partial charge in [-0.05, 0) is 6.42 Å². The summed E-state index contributed by atoms with van der Waals surface area (Å²) in [5.41, 5.74) is 10.7. The van der Waals surface area contributed by atoms with Crippen LogP contribution in [0.25, 0.3) is 0 Å². The largest absolute Gasteiger partial charge is 0.391 e. The van der Waals surface area contributed by atoms with Crippen LogP contribution in [0.15, 0.2) is 0 Å². The van der Waals surface area contributed by atoms with E-state index in [1.54, 1.807) is 6.92 Å². The van der Waals surface area contributed by atoms with Gasteiger partial charge >= 0.3 is 0 Å². The van der Waals surface area contributed by atoms with Crippen molar-refractivity contribution in [3.63, 3.8) is 0 Å². The van der Waals surface area contributed by atoms with E-state index in [2.05, 4.69) is 0 Å². The smallest absolute Gasteiger partial charge is 0.240 e. The Bertz CT molecular complexity index is 269. The molecule has 2 amide bonds. The minimum absolute atomic E-state index is 0.139. The molecule has 0 radical (unpaired) electrons. The summed E-state index contributed by atoms with van der Waals surface area (Å²) in [6, 6.07) is -1.35. The molecule has 6 heteroatoms. The van der Waals surface area contributed by atoms with Crippen LogP contribution in [-0.4, -0.2) is 46.6 Å². The number of aliphatic hydroxyl groups is 1. The van der Waals surface area contributed by atoms with Gasteiger partial charge in [0.1, 0.15) is 6.04 Å². The number of hydrogen-bond acceptors (Lipinski definition) is 4. The molecule has 0 aromatic heterocycles. The Kier molecular flexibility index (Phi) is 3.65. The van der Waals surface area contributed by atoms with Gasteiger partial charge < -0.3 is 21.5 Å². The van der Waals surface area contributed by atoms with Crippen LogP contribution in [-0.2, 0) is 9.59 Å². The maximum atomic E-state index is 11.7. The van der Waals surface area contributed by atoms with E-state index in [0.717, 1.165) is 0 Å². The second-order valence-corrected chi connectivity index (χ2v) is 3.81.